The van der Waals surface area contributed by atoms with Gasteiger partial charge in [-0.3, -0.25) is 9.35 Å². The summed E-state index contributed by atoms with van der Waals surface area (Å²) in [6.07, 6.45) is 1.85. The van der Waals surface area contributed by atoms with Crippen LogP contribution in [-0.4, -0.2) is 23.0 Å². The molecule has 0 saturated carbocycles. The molecule has 3 aromatic rings. The number of nitrogens with two attached hydrogens (primary N) is 1. The van der Waals surface area contributed by atoms with Crippen LogP contribution in [0.15, 0.2) is 72.8 Å². The summed E-state index contributed by atoms with van der Waals surface area (Å²) in [5.41, 5.74) is 5.30. The molecule has 5 nitrogen and oxygen atoms in total. The van der Waals surface area contributed by atoms with Crippen LogP contribution in [-0.2, 0) is 24.1 Å². The Kier molecular flexibility index (Phi) is 8.68. The minimum atomic E-state index is -2.36. The SMILES string of the molecule is COc1ccc(Cc2ccccc2Cc2ccc(OC)cc2)cc1.NS(=O)[O-]. The second kappa shape index (κ2) is 11.2. The molecule has 148 valence electrons. The van der Waals surface area contributed by atoms with Crippen LogP contribution >= 0.6 is 0 Å². The van der Waals surface area contributed by atoms with Crippen molar-refractivity contribution in [2.75, 3.05) is 14.2 Å². The van der Waals surface area contributed by atoms with E-state index < -0.39 is 11.3 Å². The number of hydrogen-bond acceptors (Lipinski definition) is 4. The second-order valence-electron chi connectivity index (χ2n) is 6.08. The Balaban J connectivity index is 0.000000640. The maximum atomic E-state index is 8.78. The summed E-state index contributed by atoms with van der Waals surface area (Å²) in [5.74, 6) is 1.79. The van der Waals surface area contributed by atoms with Crippen LogP contribution in [0.4, 0.5) is 0 Å². The Morgan fingerprint density at radius 2 is 1.07 bits per heavy atom. The largest absolute Gasteiger partial charge is 0.760 e. The average molecular weight is 399 g/mol. The smallest absolute Gasteiger partial charge is 0.118 e. The van der Waals surface area contributed by atoms with E-state index >= 15 is 0 Å². The topological polar surface area (TPSA) is 84.6 Å². The van der Waals surface area contributed by atoms with Gasteiger partial charge in [0.2, 0.25) is 0 Å². The van der Waals surface area contributed by atoms with E-state index in [2.05, 4.69) is 53.7 Å². The normalized spacial score (nSPS) is 11.1. The molecule has 0 aliphatic rings. The van der Waals surface area contributed by atoms with Gasteiger partial charge in [0.05, 0.1) is 14.2 Å². The zero-order valence-electron chi connectivity index (χ0n) is 16.0. The lowest BCUT2D eigenvalue weighted by atomic mass is 9.95. The minimum Gasteiger partial charge on any atom is -0.760 e. The lowest BCUT2D eigenvalue weighted by Crippen LogP contribution is -1.97. The first-order chi connectivity index (χ1) is 13.5. The molecule has 0 bridgehead atoms. The molecule has 0 aromatic heterocycles. The van der Waals surface area contributed by atoms with Crippen molar-refractivity contribution in [1.82, 2.24) is 0 Å². The van der Waals surface area contributed by atoms with Crippen LogP contribution in [0, 0.1) is 0 Å². The first-order valence-corrected chi connectivity index (χ1v) is 9.82. The highest BCUT2D eigenvalue weighted by molar-refractivity contribution is 7.76. The van der Waals surface area contributed by atoms with Crippen molar-refractivity contribution in [2.45, 2.75) is 12.8 Å². The van der Waals surface area contributed by atoms with Gasteiger partial charge >= 0.3 is 0 Å². The van der Waals surface area contributed by atoms with Gasteiger partial charge in [0, 0.05) is 11.3 Å². The van der Waals surface area contributed by atoms with E-state index in [0.29, 0.717) is 0 Å². The lowest BCUT2D eigenvalue weighted by Gasteiger charge is -2.11. The van der Waals surface area contributed by atoms with Gasteiger partial charge in [-0.1, -0.05) is 48.5 Å². The molecule has 1 unspecified atom stereocenters. The summed E-state index contributed by atoms with van der Waals surface area (Å²) in [7, 11) is 3.39. The third-order valence-corrected chi connectivity index (χ3v) is 4.23. The van der Waals surface area contributed by atoms with E-state index in [-0.39, 0.29) is 0 Å². The van der Waals surface area contributed by atoms with Crippen LogP contribution in [0.5, 0.6) is 11.5 Å². The molecule has 3 aromatic carbocycles. The molecule has 28 heavy (non-hydrogen) atoms. The van der Waals surface area contributed by atoms with Crippen molar-refractivity contribution in [3.8, 4) is 11.5 Å². The summed E-state index contributed by atoms with van der Waals surface area (Å²) < 4.78 is 28.0. The Morgan fingerprint density at radius 3 is 1.36 bits per heavy atom. The van der Waals surface area contributed by atoms with Gasteiger partial charge in [-0.15, -0.1) is 0 Å². The van der Waals surface area contributed by atoms with Crippen LogP contribution in [0.2, 0.25) is 0 Å². The lowest BCUT2D eigenvalue weighted by molar-refractivity contribution is 0.414. The first kappa shape index (κ1) is 21.6. The van der Waals surface area contributed by atoms with Gasteiger partial charge < -0.3 is 14.0 Å². The summed E-state index contributed by atoms with van der Waals surface area (Å²) in [5, 5.41) is 4.03. The Labute approximate surface area is 168 Å². The summed E-state index contributed by atoms with van der Waals surface area (Å²) in [6.45, 7) is 0. The molecule has 0 amide bonds. The number of hydrogen-bond donors (Lipinski definition) is 1. The monoisotopic (exact) mass is 398 g/mol. The molecule has 1 atom stereocenters. The fourth-order valence-corrected chi connectivity index (χ4v) is 2.83. The van der Waals surface area contributed by atoms with Crippen molar-refractivity contribution in [2.24, 2.45) is 5.14 Å². The van der Waals surface area contributed by atoms with E-state index in [9.17, 15) is 0 Å². The molecule has 6 heteroatoms. The fourth-order valence-electron chi connectivity index (χ4n) is 2.83. The highest BCUT2D eigenvalue weighted by atomic mass is 32.2. The van der Waals surface area contributed by atoms with E-state index in [0.717, 1.165) is 24.3 Å². The average Bonchev–Trinajstić information content (AvgIpc) is 2.70. The van der Waals surface area contributed by atoms with Crippen LogP contribution in [0.3, 0.4) is 0 Å². The van der Waals surface area contributed by atoms with E-state index in [4.69, 9.17) is 18.2 Å². The van der Waals surface area contributed by atoms with Crippen LogP contribution in [0.25, 0.3) is 0 Å². The molecule has 3 rings (SSSR count). The van der Waals surface area contributed by atoms with Gasteiger partial charge in [0.25, 0.3) is 0 Å². The highest BCUT2D eigenvalue weighted by Gasteiger charge is 2.05. The van der Waals surface area contributed by atoms with Crippen molar-refractivity contribution in [3.05, 3.63) is 95.1 Å². The van der Waals surface area contributed by atoms with Gasteiger partial charge in [0.15, 0.2) is 0 Å². The van der Waals surface area contributed by atoms with Gasteiger partial charge in [-0.2, -0.15) is 0 Å². The number of ether oxygens (including phenoxy) is 2. The maximum Gasteiger partial charge on any atom is 0.118 e. The molecule has 2 N–H and O–H groups in total. The van der Waals surface area contributed by atoms with Gasteiger partial charge in [0.1, 0.15) is 11.5 Å². The number of benzene rings is 3. The third kappa shape index (κ3) is 7.15. The van der Waals surface area contributed by atoms with Crippen LogP contribution in [0.1, 0.15) is 22.3 Å². The Hall–Kier alpha value is -2.67. The molecular formula is C22H24NO4S-. The zero-order chi connectivity index (χ0) is 20.4. The molecule has 0 spiro atoms. The molecule has 0 aliphatic heterocycles. The molecule has 0 aliphatic carbocycles. The number of methoxy groups -OCH3 is 2. The van der Waals surface area contributed by atoms with Crippen LogP contribution < -0.4 is 14.6 Å². The zero-order valence-corrected chi connectivity index (χ0v) is 16.8. The predicted octanol–water partition coefficient (Wildman–Crippen LogP) is 3.62. The summed E-state index contributed by atoms with van der Waals surface area (Å²) in [6, 6.07) is 25.2. The fraction of sp³-hybridized carbons (Fsp3) is 0.182. The third-order valence-electron chi connectivity index (χ3n) is 4.23. The number of rotatable bonds is 6. The maximum absolute atomic E-state index is 8.78. The predicted molar refractivity (Wildman–Crippen MR) is 111 cm³/mol. The highest BCUT2D eigenvalue weighted by Crippen LogP contribution is 2.21. The van der Waals surface area contributed by atoms with Crippen molar-refractivity contribution < 1.29 is 18.2 Å². The Bertz CT molecular complexity index is 807. The minimum absolute atomic E-state index is 0.894. The van der Waals surface area contributed by atoms with Crippen molar-refractivity contribution in [3.63, 3.8) is 0 Å². The summed E-state index contributed by atoms with van der Waals surface area (Å²) >= 11 is -2.36. The van der Waals surface area contributed by atoms with E-state index in [1.54, 1.807) is 14.2 Å². The molecule has 0 radical (unpaired) electrons. The molecule has 0 heterocycles. The van der Waals surface area contributed by atoms with Crippen molar-refractivity contribution in [1.29, 1.82) is 0 Å². The summed E-state index contributed by atoms with van der Waals surface area (Å²) in [4.78, 5) is 0. The standard InChI is InChI=1S/C22H22O2.H3NO2S/c1-23-21-11-7-17(8-12-21)15-19-5-3-4-6-20(19)16-18-9-13-22(24-2)14-10-18;1-4(2)3/h3-14H,15-16H2,1-2H3;1H2,(H,2,3)/p-1. The first-order valence-electron chi connectivity index (χ1n) is 8.68. The van der Waals surface area contributed by atoms with Gasteiger partial charge in [-0.25, -0.2) is 0 Å². The second-order valence-corrected chi connectivity index (χ2v) is 6.60. The Morgan fingerprint density at radius 1 is 0.750 bits per heavy atom. The molecule has 0 fully saturated rings. The molecular weight excluding hydrogens is 374 g/mol. The quantitative estimate of drug-likeness (QED) is 0.643. The van der Waals surface area contributed by atoms with Gasteiger partial charge in [-0.05, 0) is 59.4 Å². The van der Waals surface area contributed by atoms with E-state index in [1.807, 2.05) is 24.3 Å². The van der Waals surface area contributed by atoms with Crippen molar-refractivity contribution >= 4 is 11.3 Å². The van der Waals surface area contributed by atoms with E-state index in [1.165, 1.54) is 22.3 Å². The molecule has 0 saturated heterocycles.